The highest BCUT2D eigenvalue weighted by Gasteiger charge is 2.22. The van der Waals surface area contributed by atoms with Gasteiger partial charge in [-0.2, -0.15) is 0 Å². The summed E-state index contributed by atoms with van der Waals surface area (Å²) in [6, 6.07) is 4.15. The second-order valence-electron chi connectivity index (χ2n) is 4.81. The summed E-state index contributed by atoms with van der Waals surface area (Å²) in [5.74, 6) is 0.439. The summed E-state index contributed by atoms with van der Waals surface area (Å²) in [4.78, 5) is 12.3. The molecule has 1 aliphatic heterocycles. The zero-order valence-corrected chi connectivity index (χ0v) is 13.1. The largest absolute Gasteiger partial charge is 0.493 e. The van der Waals surface area contributed by atoms with Gasteiger partial charge in [0.25, 0.3) is 0 Å². The number of nitrogens with zero attached hydrogens (tertiary/aromatic N) is 1. The zero-order valence-electron chi connectivity index (χ0n) is 12.3. The molecule has 1 fully saturated rings. The van der Waals surface area contributed by atoms with E-state index in [9.17, 15) is 9.18 Å². The number of ether oxygens (including phenoxy) is 2. The first kappa shape index (κ1) is 18.3. The number of halogens is 2. The SMILES string of the molecule is COc1cc(F)ccc1OCC[C@@H]1CN(C(=O)O)CCN1.Cl. The van der Waals surface area contributed by atoms with Crippen LogP contribution in [0.15, 0.2) is 18.2 Å². The summed E-state index contributed by atoms with van der Waals surface area (Å²) in [6.45, 7) is 1.97. The van der Waals surface area contributed by atoms with Gasteiger partial charge in [-0.25, -0.2) is 9.18 Å². The van der Waals surface area contributed by atoms with E-state index in [1.807, 2.05) is 0 Å². The predicted molar refractivity (Wildman–Crippen MR) is 81.7 cm³/mol. The number of benzene rings is 1. The van der Waals surface area contributed by atoms with Gasteiger partial charge < -0.3 is 24.8 Å². The number of amides is 1. The van der Waals surface area contributed by atoms with Crippen molar-refractivity contribution in [3.05, 3.63) is 24.0 Å². The van der Waals surface area contributed by atoms with Crippen molar-refractivity contribution in [2.45, 2.75) is 12.5 Å². The van der Waals surface area contributed by atoms with E-state index in [4.69, 9.17) is 14.6 Å². The Kier molecular flexibility index (Phi) is 7.20. The van der Waals surface area contributed by atoms with Crippen molar-refractivity contribution in [3.8, 4) is 11.5 Å². The van der Waals surface area contributed by atoms with Crippen LogP contribution in [-0.4, -0.2) is 55.5 Å². The Hall–Kier alpha value is -1.73. The fourth-order valence-electron chi connectivity index (χ4n) is 2.26. The molecular formula is C14H20ClFN2O4. The number of piperazine rings is 1. The third-order valence-corrected chi connectivity index (χ3v) is 3.38. The fourth-order valence-corrected chi connectivity index (χ4v) is 2.26. The number of methoxy groups -OCH3 is 1. The van der Waals surface area contributed by atoms with Crippen molar-refractivity contribution in [2.24, 2.45) is 0 Å². The number of rotatable bonds is 5. The van der Waals surface area contributed by atoms with Gasteiger partial charge in [-0.15, -0.1) is 12.4 Å². The Balaban J connectivity index is 0.00000242. The van der Waals surface area contributed by atoms with Crippen LogP contribution in [0.5, 0.6) is 11.5 Å². The van der Waals surface area contributed by atoms with Crippen LogP contribution in [0, 0.1) is 5.82 Å². The molecule has 1 heterocycles. The topological polar surface area (TPSA) is 71.0 Å². The average Bonchev–Trinajstić information content (AvgIpc) is 2.49. The average molecular weight is 335 g/mol. The number of hydrogen-bond donors (Lipinski definition) is 2. The lowest BCUT2D eigenvalue weighted by Gasteiger charge is -2.31. The molecule has 0 spiro atoms. The van der Waals surface area contributed by atoms with E-state index < -0.39 is 6.09 Å². The Morgan fingerprint density at radius 1 is 1.50 bits per heavy atom. The molecule has 22 heavy (non-hydrogen) atoms. The maximum absolute atomic E-state index is 13.1. The number of nitrogens with one attached hydrogen (secondary N) is 1. The molecule has 124 valence electrons. The maximum atomic E-state index is 13.1. The van der Waals surface area contributed by atoms with Crippen molar-refractivity contribution in [2.75, 3.05) is 33.4 Å². The molecule has 1 amide bonds. The van der Waals surface area contributed by atoms with Gasteiger partial charge in [0.1, 0.15) is 5.82 Å². The number of hydrogen-bond acceptors (Lipinski definition) is 4. The summed E-state index contributed by atoms with van der Waals surface area (Å²) >= 11 is 0. The minimum atomic E-state index is -0.900. The monoisotopic (exact) mass is 334 g/mol. The molecule has 0 unspecified atom stereocenters. The van der Waals surface area contributed by atoms with Crippen LogP contribution in [0.1, 0.15) is 6.42 Å². The van der Waals surface area contributed by atoms with E-state index in [2.05, 4.69) is 5.32 Å². The van der Waals surface area contributed by atoms with Gasteiger partial charge in [-0.3, -0.25) is 0 Å². The van der Waals surface area contributed by atoms with E-state index in [1.54, 1.807) is 0 Å². The molecule has 1 saturated heterocycles. The quantitative estimate of drug-likeness (QED) is 0.861. The zero-order chi connectivity index (χ0) is 15.2. The Morgan fingerprint density at radius 2 is 2.27 bits per heavy atom. The molecule has 2 N–H and O–H groups in total. The lowest BCUT2D eigenvalue weighted by atomic mass is 10.1. The summed E-state index contributed by atoms with van der Waals surface area (Å²) in [6.07, 6.45) is -0.243. The summed E-state index contributed by atoms with van der Waals surface area (Å²) in [7, 11) is 1.45. The third kappa shape index (κ3) is 4.92. The molecule has 0 aromatic heterocycles. The Labute approximate surface area is 134 Å². The highest BCUT2D eigenvalue weighted by Crippen LogP contribution is 2.27. The maximum Gasteiger partial charge on any atom is 0.407 e. The van der Waals surface area contributed by atoms with Crippen molar-refractivity contribution in [1.82, 2.24) is 10.2 Å². The van der Waals surface area contributed by atoms with Crippen molar-refractivity contribution in [3.63, 3.8) is 0 Å². The smallest absolute Gasteiger partial charge is 0.407 e. The molecule has 1 aromatic carbocycles. The summed E-state index contributed by atoms with van der Waals surface area (Å²) < 4.78 is 23.7. The third-order valence-electron chi connectivity index (χ3n) is 3.38. The fraction of sp³-hybridized carbons (Fsp3) is 0.500. The molecule has 1 atom stereocenters. The molecule has 2 rings (SSSR count). The molecule has 0 radical (unpaired) electrons. The lowest BCUT2D eigenvalue weighted by Crippen LogP contribution is -2.52. The first-order chi connectivity index (χ1) is 10.1. The van der Waals surface area contributed by atoms with Crippen LogP contribution in [-0.2, 0) is 0 Å². The summed E-state index contributed by atoms with van der Waals surface area (Å²) in [5.41, 5.74) is 0. The molecule has 0 saturated carbocycles. The molecule has 6 nitrogen and oxygen atoms in total. The van der Waals surface area contributed by atoms with Gasteiger partial charge in [0.05, 0.1) is 13.7 Å². The summed E-state index contributed by atoms with van der Waals surface area (Å²) in [5, 5.41) is 12.2. The molecular weight excluding hydrogens is 315 g/mol. The molecule has 1 aliphatic rings. The van der Waals surface area contributed by atoms with Crippen molar-refractivity contribution >= 4 is 18.5 Å². The van der Waals surface area contributed by atoms with Crippen LogP contribution >= 0.6 is 12.4 Å². The standard InChI is InChI=1S/C14H19FN2O4.ClH/c1-20-13-8-10(15)2-3-12(13)21-7-4-11-9-17(14(18)19)6-5-16-11;/h2-3,8,11,16H,4-7,9H2,1H3,(H,18,19);1H/t11-;/m1./s1. The first-order valence-electron chi connectivity index (χ1n) is 6.77. The van der Waals surface area contributed by atoms with Crippen LogP contribution in [0.2, 0.25) is 0 Å². The Bertz CT molecular complexity index is 504. The number of carboxylic acid groups (broad SMARTS) is 1. The van der Waals surface area contributed by atoms with E-state index in [0.29, 0.717) is 44.2 Å². The molecule has 1 aromatic rings. The van der Waals surface area contributed by atoms with Gasteiger partial charge in [-0.1, -0.05) is 0 Å². The van der Waals surface area contributed by atoms with E-state index in [0.717, 1.165) is 0 Å². The van der Waals surface area contributed by atoms with Gasteiger partial charge >= 0.3 is 6.09 Å². The van der Waals surface area contributed by atoms with Gasteiger partial charge in [-0.05, 0) is 18.6 Å². The van der Waals surface area contributed by atoms with Crippen LogP contribution in [0.4, 0.5) is 9.18 Å². The Morgan fingerprint density at radius 3 is 2.95 bits per heavy atom. The molecule has 0 bridgehead atoms. The van der Waals surface area contributed by atoms with Gasteiger partial charge in [0.2, 0.25) is 0 Å². The highest BCUT2D eigenvalue weighted by atomic mass is 35.5. The minimum Gasteiger partial charge on any atom is -0.493 e. The van der Waals surface area contributed by atoms with Crippen LogP contribution < -0.4 is 14.8 Å². The second kappa shape index (κ2) is 8.65. The van der Waals surface area contributed by atoms with Gasteiger partial charge in [0.15, 0.2) is 11.5 Å². The predicted octanol–water partition coefficient (Wildman–Crippen LogP) is 1.98. The molecule has 8 heteroatoms. The van der Waals surface area contributed by atoms with Crippen molar-refractivity contribution < 1.29 is 23.8 Å². The van der Waals surface area contributed by atoms with Gasteiger partial charge in [0, 0.05) is 31.7 Å². The molecule has 0 aliphatic carbocycles. The minimum absolute atomic E-state index is 0. The van der Waals surface area contributed by atoms with E-state index >= 15 is 0 Å². The normalized spacial score (nSPS) is 17.5. The van der Waals surface area contributed by atoms with E-state index in [1.165, 1.54) is 30.2 Å². The van der Waals surface area contributed by atoms with Crippen LogP contribution in [0.25, 0.3) is 0 Å². The number of carbonyl (C=O) groups is 1. The highest BCUT2D eigenvalue weighted by molar-refractivity contribution is 5.85. The first-order valence-corrected chi connectivity index (χ1v) is 6.77. The van der Waals surface area contributed by atoms with Crippen LogP contribution in [0.3, 0.4) is 0 Å². The van der Waals surface area contributed by atoms with E-state index in [-0.39, 0.29) is 24.3 Å². The second-order valence-corrected chi connectivity index (χ2v) is 4.81. The lowest BCUT2D eigenvalue weighted by molar-refractivity contribution is 0.124. The van der Waals surface area contributed by atoms with Crippen molar-refractivity contribution in [1.29, 1.82) is 0 Å².